The summed E-state index contributed by atoms with van der Waals surface area (Å²) < 4.78 is 278. The highest BCUT2D eigenvalue weighted by atomic mass is 19.4. The van der Waals surface area contributed by atoms with E-state index in [0.29, 0.717) is 6.92 Å². The van der Waals surface area contributed by atoms with Crippen LogP contribution in [0.3, 0.4) is 0 Å². The predicted molar refractivity (Wildman–Crippen MR) is 105 cm³/mol. The van der Waals surface area contributed by atoms with Crippen LogP contribution in [0.1, 0.15) is 47.5 Å². The predicted octanol–water partition coefficient (Wildman–Crippen LogP) is 9.56. The van der Waals surface area contributed by atoms with E-state index in [0.717, 1.165) is 13.8 Å². The zero-order chi connectivity index (χ0) is 35.3. The summed E-state index contributed by atoms with van der Waals surface area (Å²) in [6, 6.07) is 0. The molecule has 22 heteroatoms. The van der Waals surface area contributed by atoms with Crippen molar-refractivity contribution >= 4 is 0 Å². The largest absolute Gasteiger partial charge is 0.384 e. The van der Waals surface area contributed by atoms with Gasteiger partial charge in [0.2, 0.25) is 0 Å². The van der Waals surface area contributed by atoms with E-state index in [-0.39, 0.29) is 0 Å². The Kier molecular flexibility index (Phi) is 11.3. The molecule has 0 radical (unpaired) electrons. The van der Waals surface area contributed by atoms with E-state index in [4.69, 9.17) is 0 Å². The van der Waals surface area contributed by atoms with E-state index in [1.165, 1.54) is 0 Å². The van der Waals surface area contributed by atoms with E-state index < -0.39 is 111 Å². The SMILES string of the molecule is CC(C)C(C)(OCCC(F)(F)C(F)(F)C(F)(F)C(F)(F)C(C)(F)F)OCCC(F)(F)C(F)(F)C(F)(F)C(F)(F)C(C)(F)F. The molecule has 0 bridgehead atoms. The van der Waals surface area contributed by atoms with Crippen LogP contribution < -0.4 is 0 Å². The molecule has 0 fully saturated rings. The van der Waals surface area contributed by atoms with Gasteiger partial charge < -0.3 is 9.47 Å². The van der Waals surface area contributed by atoms with Gasteiger partial charge in [0.05, 0.1) is 13.2 Å². The lowest BCUT2D eigenvalue weighted by atomic mass is 9.93. The standard InChI is InChI=1S/C21H24F20O2/c1-10(2)11(3,42-8-6-14(26,27)18(34,35)20(38,39)16(30,31)12(4,22)23)43-9-7-15(28,29)19(36,37)21(40,41)17(32,33)13(5,24)25/h10H,6-9H2,1-5H3. The molecule has 0 aromatic rings. The number of halogens is 20. The molecule has 0 amide bonds. The molecule has 2 nitrogen and oxygen atoms in total. The zero-order valence-electron chi connectivity index (χ0n) is 22.3. The lowest BCUT2D eigenvalue weighted by Crippen LogP contribution is -2.66. The summed E-state index contributed by atoms with van der Waals surface area (Å²) in [5.74, 6) is -71.6. The molecule has 0 unspecified atom stereocenters. The molecule has 0 spiro atoms. The molecular weight excluding hydrogens is 664 g/mol. The Hall–Kier alpha value is -1.48. The van der Waals surface area contributed by atoms with Crippen molar-refractivity contribution in [1.82, 2.24) is 0 Å². The fraction of sp³-hybridized carbons (Fsp3) is 1.00. The van der Waals surface area contributed by atoms with Crippen molar-refractivity contribution in [3.63, 3.8) is 0 Å². The van der Waals surface area contributed by atoms with Gasteiger partial charge in [0.25, 0.3) is 0 Å². The molecule has 0 saturated carbocycles. The van der Waals surface area contributed by atoms with Gasteiger partial charge in [-0.2, -0.15) is 87.8 Å². The van der Waals surface area contributed by atoms with Gasteiger partial charge in [-0.05, 0) is 6.92 Å². The van der Waals surface area contributed by atoms with Crippen LogP contribution in [0.2, 0.25) is 0 Å². The van der Waals surface area contributed by atoms with Crippen LogP contribution in [0.4, 0.5) is 87.8 Å². The Morgan fingerprint density at radius 1 is 0.395 bits per heavy atom. The van der Waals surface area contributed by atoms with Crippen molar-refractivity contribution in [3.8, 4) is 0 Å². The van der Waals surface area contributed by atoms with E-state index in [9.17, 15) is 87.8 Å². The molecule has 0 aliphatic heterocycles. The Bertz CT molecular complexity index is 864. The molecule has 0 N–H and O–H groups in total. The molecule has 0 aromatic carbocycles. The van der Waals surface area contributed by atoms with Crippen molar-refractivity contribution in [3.05, 3.63) is 0 Å². The molecular formula is C21H24F20O2. The highest BCUT2D eigenvalue weighted by Gasteiger charge is 2.86. The third-order valence-corrected chi connectivity index (χ3v) is 6.26. The molecule has 260 valence electrons. The molecule has 0 aliphatic carbocycles. The first-order valence-corrected chi connectivity index (χ1v) is 11.4. The summed E-state index contributed by atoms with van der Waals surface area (Å²) >= 11 is 0. The maximum Gasteiger partial charge on any atom is 0.384 e. The van der Waals surface area contributed by atoms with Gasteiger partial charge in [-0.3, -0.25) is 0 Å². The minimum atomic E-state index is -7.38. The van der Waals surface area contributed by atoms with Crippen LogP contribution in [0.15, 0.2) is 0 Å². The number of hydrogen-bond donors (Lipinski definition) is 0. The molecule has 0 aromatic heterocycles. The Labute approximate surface area is 230 Å². The Morgan fingerprint density at radius 3 is 0.814 bits per heavy atom. The van der Waals surface area contributed by atoms with Crippen LogP contribution in [-0.2, 0) is 9.47 Å². The molecule has 0 aliphatic rings. The fourth-order valence-corrected chi connectivity index (χ4v) is 2.86. The molecule has 0 atom stereocenters. The lowest BCUT2D eigenvalue weighted by molar-refractivity contribution is -0.402. The van der Waals surface area contributed by atoms with E-state index in [1.807, 2.05) is 0 Å². The quantitative estimate of drug-likeness (QED) is 0.112. The number of rotatable bonds is 17. The molecule has 43 heavy (non-hydrogen) atoms. The van der Waals surface area contributed by atoms with Crippen LogP contribution >= 0.6 is 0 Å². The monoisotopic (exact) mass is 688 g/mol. The van der Waals surface area contributed by atoms with Gasteiger partial charge in [0.1, 0.15) is 0 Å². The van der Waals surface area contributed by atoms with Gasteiger partial charge in [-0.1, -0.05) is 13.8 Å². The van der Waals surface area contributed by atoms with Crippen molar-refractivity contribution in [2.24, 2.45) is 5.92 Å². The van der Waals surface area contributed by atoms with E-state index >= 15 is 0 Å². The summed E-state index contributed by atoms with van der Waals surface area (Å²) in [6.45, 7) is -3.34. The average molecular weight is 688 g/mol. The topological polar surface area (TPSA) is 18.5 Å². The zero-order valence-corrected chi connectivity index (χ0v) is 22.3. The van der Waals surface area contributed by atoms with Gasteiger partial charge in [-0.15, -0.1) is 0 Å². The summed E-state index contributed by atoms with van der Waals surface area (Å²) in [5, 5.41) is 0. The van der Waals surface area contributed by atoms with E-state index in [2.05, 4.69) is 9.47 Å². The van der Waals surface area contributed by atoms with Crippen LogP contribution in [0, 0.1) is 5.92 Å². The van der Waals surface area contributed by atoms with Crippen molar-refractivity contribution < 1.29 is 97.3 Å². The molecule has 0 rings (SSSR count). The number of hydrogen-bond acceptors (Lipinski definition) is 2. The second-order valence-electron chi connectivity index (χ2n) is 10.00. The second-order valence-corrected chi connectivity index (χ2v) is 10.00. The summed E-state index contributed by atoms with van der Waals surface area (Å²) in [6.07, 6.45) is -5.35. The average Bonchev–Trinajstić information content (AvgIpc) is 2.76. The van der Waals surface area contributed by atoms with Crippen LogP contribution in [0.5, 0.6) is 0 Å². The van der Waals surface area contributed by atoms with E-state index in [1.54, 1.807) is 0 Å². The Balaban J connectivity index is 5.81. The summed E-state index contributed by atoms with van der Waals surface area (Å²) in [7, 11) is 0. The van der Waals surface area contributed by atoms with Crippen molar-refractivity contribution in [2.45, 2.75) is 112 Å². The molecule has 0 heterocycles. The summed E-state index contributed by atoms with van der Waals surface area (Å²) in [5.41, 5.74) is 0. The second kappa shape index (κ2) is 11.7. The lowest BCUT2D eigenvalue weighted by Gasteiger charge is -2.40. The fourth-order valence-electron chi connectivity index (χ4n) is 2.86. The third kappa shape index (κ3) is 7.02. The first-order valence-electron chi connectivity index (χ1n) is 11.4. The smallest absolute Gasteiger partial charge is 0.350 e. The first-order chi connectivity index (χ1) is 18.4. The third-order valence-electron chi connectivity index (χ3n) is 6.26. The highest BCUT2D eigenvalue weighted by Crippen LogP contribution is 2.59. The minimum Gasteiger partial charge on any atom is -0.350 e. The van der Waals surface area contributed by atoms with Crippen molar-refractivity contribution in [1.29, 1.82) is 0 Å². The molecule has 0 saturated heterocycles. The van der Waals surface area contributed by atoms with Gasteiger partial charge in [0, 0.05) is 32.6 Å². The summed E-state index contributed by atoms with van der Waals surface area (Å²) in [4.78, 5) is 0. The van der Waals surface area contributed by atoms with Gasteiger partial charge in [-0.25, -0.2) is 0 Å². The maximum absolute atomic E-state index is 13.9. The van der Waals surface area contributed by atoms with Crippen LogP contribution in [-0.4, -0.2) is 78.2 Å². The van der Waals surface area contributed by atoms with Crippen molar-refractivity contribution in [2.75, 3.05) is 13.2 Å². The highest BCUT2D eigenvalue weighted by molar-refractivity contribution is 5.08. The normalized spacial score (nSPS) is 16.3. The minimum absolute atomic E-state index is 0.561. The first kappa shape index (κ1) is 41.5. The maximum atomic E-state index is 13.9. The number of alkyl halides is 20. The Morgan fingerprint density at radius 2 is 0.628 bits per heavy atom. The van der Waals surface area contributed by atoms with Crippen LogP contribution in [0.25, 0.3) is 0 Å². The number of ether oxygens (including phenoxy) is 2. The van der Waals surface area contributed by atoms with Gasteiger partial charge >= 0.3 is 59.2 Å². The van der Waals surface area contributed by atoms with Gasteiger partial charge in [0.15, 0.2) is 5.79 Å².